The van der Waals surface area contributed by atoms with Gasteiger partial charge in [-0.15, -0.1) is 11.6 Å². The maximum Gasteiger partial charge on any atom is 0.506 e. The highest BCUT2D eigenvalue weighted by atomic mass is 35.5. The van der Waals surface area contributed by atoms with Crippen LogP contribution in [0, 0.1) is 0 Å². The van der Waals surface area contributed by atoms with E-state index in [1.54, 1.807) is 0 Å². The quantitative estimate of drug-likeness (QED) is 0.404. The average Bonchev–Trinajstić information content (AvgIpc) is 2.37. The number of hydrogen-bond donors (Lipinski definition) is 0. The van der Waals surface area contributed by atoms with Crippen LogP contribution in [0.1, 0.15) is 34.1 Å². The molecule has 19 heavy (non-hydrogen) atoms. The average molecular weight is 333 g/mol. The molecule has 0 aromatic heterocycles. The Hall–Kier alpha value is 0.637. The first-order valence-electron chi connectivity index (χ1n) is 6.79. The second-order valence-electron chi connectivity index (χ2n) is 4.02. The van der Waals surface area contributed by atoms with E-state index in [4.69, 9.17) is 41.2 Å². The van der Waals surface area contributed by atoms with Gasteiger partial charge in [-0.3, -0.25) is 0 Å². The largest absolute Gasteiger partial charge is 0.506 e. The van der Waals surface area contributed by atoms with Crippen LogP contribution in [0.4, 0.5) is 0 Å². The molecule has 0 fully saturated rings. The number of alkyl halides is 2. The third-order valence-electron chi connectivity index (χ3n) is 2.50. The zero-order valence-corrected chi connectivity index (χ0v) is 14.8. The Balaban J connectivity index is 4.54. The molecule has 0 bridgehead atoms. The van der Waals surface area contributed by atoms with Gasteiger partial charge in [-0.1, -0.05) is 18.5 Å². The van der Waals surface area contributed by atoms with Crippen LogP contribution in [-0.4, -0.2) is 46.7 Å². The van der Waals surface area contributed by atoms with E-state index in [2.05, 4.69) is 0 Å². The van der Waals surface area contributed by atoms with Crippen LogP contribution in [0.5, 0.6) is 0 Å². The van der Waals surface area contributed by atoms with E-state index in [1.807, 2.05) is 27.7 Å². The molecule has 0 aromatic rings. The number of halogens is 2. The second kappa shape index (κ2) is 11.3. The van der Waals surface area contributed by atoms with Gasteiger partial charge < -0.3 is 18.0 Å². The molecule has 0 aliphatic heterocycles. The van der Waals surface area contributed by atoms with Gasteiger partial charge in [0.1, 0.15) is 5.56 Å². The Morgan fingerprint density at radius 3 is 1.84 bits per heavy atom. The molecule has 0 saturated carbocycles. The molecule has 0 rings (SSSR count). The standard InChI is InChI=1S/C12H26Cl2O4Si/c1-5-16-19(17-6-2,18-7-3)11(4)10-15-12(14)8-9-13/h11-12H,5-10H2,1-4H3. The van der Waals surface area contributed by atoms with Gasteiger partial charge in [0.25, 0.3) is 0 Å². The van der Waals surface area contributed by atoms with Gasteiger partial charge in [-0.05, 0) is 20.8 Å². The van der Waals surface area contributed by atoms with E-state index >= 15 is 0 Å². The zero-order valence-electron chi connectivity index (χ0n) is 12.3. The Morgan fingerprint density at radius 2 is 1.47 bits per heavy atom. The van der Waals surface area contributed by atoms with Crippen molar-refractivity contribution in [1.29, 1.82) is 0 Å². The third-order valence-corrected chi connectivity index (χ3v) is 6.51. The van der Waals surface area contributed by atoms with Gasteiger partial charge in [0, 0.05) is 37.7 Å². The summed E-state index contributed by atoms with van der Waals surface area (Å²) in [6.07, 6.45) is 0.613. The summed E-state index contributed by atoms with van der Waals surface area (Å²) in [6.45, 7) is 9.93. The van der Waals surface area contributed by atoms with Crippen LogP contribution < -0.4 is 0 Å². The summed E-state index contributed by atoms with van der Waals surface area (Å²) in [5, 5.41) is 0. The lowest BCUT2D eigenvalue weighted by Crippen LogP contribution is -2.51. The van der Waals surface area contributed by atoms with Gasteiger partial charge in [0.2, 0.25) is 0 Å². The number of rotatable bonds is 12. The van der Waals surface area contributed by atoms with E-state index in [-0.39, 0.29) is 11.1 Å². The Bertz CT molecular complexity index is 205. The molecule has 7 heteroatoms. The maximum absolute atomic E-state index is 5.99. The van der Waals surface area contributed by atoms with Crippen molar-refractivity contribution in [3.8, 4) is 0 Å². The van der Waals surface area contributed by atoms with Crippen molar-refractivity contribution < 1.29 is 18.0 Å². The third kappa shape index (κ3) is 7.27. The lowest BCUT2D eigenvalue weighted by atomic mass is 10.5. The minimum Gasteiger partial charge on any atom is -0.374 e. The fraction of sp³-hybridized carbons (Fsp3) is 1.00. The topological polar surface area (TPSA) is 36.9 Å². The fourth-order valence-corrected chi connectivity index (χ4v) is 4.78. The van der Waals surface area contributed by atoms with Crippen molar-refractivity contribution in [1.82, 2.24) is 0 Å². The van der Waals surface area contributed by atoms with Crippen LogP contribution in [0.2, 0.25) is 5.54 Å². The molecule has 0 saturated heterocycles. The lowest BCUT2D eigenvalue weighted by Gasteiger charge is -2.33. The summed E-state index contributed by atoms with van der Waals surface area (Å²) in [5.41, 5.74) is -0.347. The summed E-state index contributed by atoms with van der Waals surface area (Å²) in [5.74, 6) is 0.480. The van der Waals surface area contributed by atoms with Crippen molar-refractivity contribution in [3.05, 3.63) is 0 Å². The monoisotopic (exact) mass is 332 g/mol. The van der Waals surface area contributed by atoms with Crippen LogP contribution >= 0.6 is 23.2 Å². The molecule has 2 atom stereocenters. The van der Waals surface area contributed by atoms with Crippen LogP contribution in [0.15, 0.2) is 0 Å². The summed E-state index contributed by atoms with van der Waals surface area (Å²) < 4.78 is 23.0. The normalized spacial score (nSPS) is 15.5. The molecule has 116 valence electrons. The van der Waals surface area contributed by atoms with Crippen molar-refractivity contribution >= 4 is 32.0 Å². The van der Waals surface area contributed by atoms with Crippen LogP contribution in [-0.2, 0) is 18.0 Å². The van der Waals surface area contributed by atoms with Gasteiger partial charge in [-0.25, -0.2) is 0 Å². The van der Waals surface area contributed by atoms with Crippen molar-refractivity contribution in [2.45, 2.75) is 45.2 Å². The van der Waals surface area contributed by atoms with Gasteiger partial charge in [0.15, 0.2) is 0 Å². The lowest BCUT2D eigenvalue weighted by molar-refractivity contribution is 0.0375. The molecule has 2 unspecified atom stereocenters. The molecule has 0 aromatic carbocycles. The molecule has 0 spiro atoms. The van der Waals surface area contributed by atoms with Crippen molar-refractivity contribution in [3.63, 3.8) is 0 Å². The van der Waals surface area contributed by atoms with E-state index < -0.39 is 8.80 Å². The van der Waals surface area contributed by atoms with Gasteiger partial charge in [0.05, 0.1) is 6.61 Å². The minimum atomic E-state index is -2.71. The Labute approximate surface area is 128 Å². The number of hydrogen-bond acceptors (Lipinski definition) is 4. The van der Waals surface area contributed by atoms with Gasteiger partial charge >= 0.3 is 8.80 Å². The first kappa shape index (κ1) is 19.6. The first-order chi connectivity index (χ1) is 9.06. The molecular formula is C12H26Cl2O4Si. The fourth-order valence-electron chi connectivity index (χ4n) is 1.68. The zero-order chi connectivity index (χ0) is 14.7. The highest BCUT2D eigenvalue weighted by molar-refractivity contribution is 6.62. The predicted molar refractivity (Wildman–Crippen MR) is 81.0 cm³/mol. The SMILES string of the molecule is CCO[Si](OCC)(OCC)C(C)COC(Cl)CCCl. The Kier molecular flexibility index (Phi) is 11.7. The predicted octanol–water partition coefficient (Wildman–Crippen LogP) is 3.64. The van der Waals surface area contributed by atoms with Crippen molar-refractivity contribution in [2.75, 3.05) is 32.3 Å². The van der Waals surface area contributed by atoms with E-state index in [9.17, 15) is 0 Å². The summed E-state index contributed by atoms with van der Waals surface area (Å²) in [6, 6.07) is 0. The molecule has 0 amide bonds. The smallest absolute Gasteiger partial charge is 0.374 e. The highest BCUT2D eigenvalue weighted by Gasteiger charge is 2.47. The van der Waals surface area contributed by atoms with Crippen LogP contribution in [0.25, 0.3) is 0 Å². The van der Waals surface area contributed by atoms with E-state index in [1.165, 1.54) is 0 Å². The Morgan fingerprint density at radius 1 is 1.00 bits per heavy atom. The molecule has 0 N–H and O–H groups in total. The van der Waals surface area contributed by atoms with Crippen LogP contribution in [0.3, 0.4) is 0 Å². The molecular weight excluding hydrogens is 307 g/mol. The van der Waals surface area contributed by atoms with Crippen molar-refractivity contribution in [2.24, 2.45) is 0 Å². The van der Waals surface area contributed by atoms with E-state index in [0.717, 1.165) is 0 Å². The van der Waals surface area contributed by atoms with Gasteiger partial charge in [-0.2, -0.15) is 0 Å². The second-order valence-corrected chi connectivity index (χ2v) is 7.95. The molecule has 0 aliphatic rings. The summed E-state index contributed by atoms with van der Waals surface area (Å²) >= 11 is 11.6. The molecule has 0 radical (unpaired) electrons. The summed E-state index contributed by atoms with van der Waals surface area (Å²) in [7, 11) is -2.71. The maximum atomic E-state index is 5.99. The molecule has 4 nitrogen and oxygen atoms in total. The number of ether oxygens (including phenoxy) is 1. The first-order valence-corrected chi connectivity index (χ1v) is 9.57. The highest BCUT2D eigenvalue weighted by Crippen LogP contribution is 2.27. The van der Waals surface area contributed by atoms with E-state index in [0.29, 0.717) is 38.7 Å². The molecule has 0 aliphatic carbocycles. The summed E-state index contributed by atoms with van der Waals surface area (Å²) in [4.78, 5) is 0. The minimum absolute atomic E-state index is 0.0314. The molecule has 0 heterocycles.